The van der Waals surface area contributed by atoms with E-state index in [1.165, 1.54) is 0 Å². The maximum Gasteiger partial charge on any atom is 0.119 e. The normalized spacial score (nSPS) is 12.8. The predicted octanol–water partition coefficient (Wildman–Crippen LogP) is 2.93. The van der Waals surface area contributed by atoms with Gasteiger partial charge in [0.15, 0.2) is 0 Å². The lowest BCUT2D eigenvalue weighted by Gasteiger charge is -2.15. The minimum Gasteiger partial charge on any atom is -0.497 e. The van der Waals surface area contributed by atoms with E-state index < -0.39 is 0 Å². The van der Waals surface area contributed by atoms with Crippen LogP contribution in [0.2, 0.25) is 0 Å². The maximum absolute atomic E-state index is 5.39. The fourth-order valence-electron chi connectivity index (χ4n) is 1.32. The summed E-state index contributed by atoms with van der Waals surface area (Å²) in [6, 6.07) is 8.14. The van der Waals surface area contributed by atoms with Gasteiger partial charge in [0.25, 0.3) is 0 Å². The van der Waals surface area contributed by atoms with E-state index in [-0.39, 0.29) is 6.04 Å². The molecule has 1 aromatic carbocycles. The molecule has 90 valence electrons. The molecule has 0 saturated carbocycles. The van der Waals surface area contributed by atoms with Gasteiger partial charge in [0.1, 0.15) is 5.75 Å². The second-order valence-corrected chi connectivity index (χ2v) is 4.32. The number of hydrogen-bond donors (Lipinski definition) is 1. The molecule has 0 radical (unpaired) electrons. The summed E-state index contributed by atoms with van der Waals surface area (Å²) in [6.45, 7) is 7.03. The van der Waals surface area contributed by atoms with Crippen LogP contribution in [0.15, 0.2) is 24.3 Å². The van der Waals surface area contributed by atoms with Crippen molar-refractivity contribution in [3.8, 4) is 5.75 Å². The Morgan fingerprint density at radius 3 is 2.62 bits per heavy atom. The van der Waals surface area contributed by atoms with Gasteiger partial charge in [-0.3, -0.25) is 0 Å². The molecule has 0 aliphatic heterocycles. The molecule has 1 N–H and O–H groups in total. The third-order valence-corrected chi connectivity index (χ3v) is 2.27. The first-order valence-electron chi connectivity index (χ1n) is 5.64. The summed E-state index contributed by atoms with van der Waals surface area (Å²) in [7, 11) is 1.67. The summed E-state index contributed by atoms with van der Waals surface area (Å²) in [6.07, 6.45) is 0. The highest BCUT2D eigenvalue weighted by atomic mass is 16.6. The Balaban J connectivity index is 2.48. The Morgan fingerprint density at radius 2 is 2.00 bits per heavy atom. The van der Waals surface area contributed by atoms with Crippen molar-refractivity contribution in [2.75, 3.05) is 13.7 Å². The van der Waals surface area contributed by atoms with Crippen molar-refractivity contribution in [3.63, 3.8) is 0 Å². The van der Waals surface area contributed by atoms with Gasteiger partial charge < -0.3 is 9.57 Å². The number of hydrogen-bond acceptors (Lipinski definition) is 3. The highest BCUT2D eigenvalue weighted by molar-refractivity contribution is 5.29. The minimum atomic E-state index is 0.161. The van der Waals surface area contributed by atoms with Crippen LogP contribution < -0.4 is 10.2 Å². The summed E-state index contributed by atoms with van der Waals surface area (Å²) < 4.78 is 5.18. The smallest absolute Gasteiger partial charge is 0.119 e. The van der Waals surface area contributed by atoms with Crippen molar-refractivity contribution in [2.24, 2.45) is 5.92 Å². The lowest BCUT2D eigenvalue weighted by molar-refractivity contribution is 0.00406. The molecule has 0 bridgehead atoms. The summed E-state index contributed by atoms with van der Waals surface area (Å²) in [5, 5.41) is 0. The summed E-state index contributed by atoms with van der Waals surface area (Å²) in [5.41, 5.74) is 4.18. The van der Waals surface area contributed by atoms with E-state index >= 15 is 0 Å². The predicted molar refractivity (Wildman–Crippen MR) is 65.3 cm³/mol. The molecule has 1 unspecified atom stereocenters. The van der Waals surface area contributed by atoms with E-state index in [1.54, 1.807) is 7.11 Å². The fraction of sp³-hybridized carbons (Fsp3) is 0.538. The van der Waals surface area contributed by atoms with Crippen LogP contribution in [0.25, 0.3) is 0 Å². The average Bonchev–Trinajstić information content (AvgIpc) is 2.28. The van der Waals surface area contributed by atoms with Crippen molar-refractivity contribution in [1.29, 1.82) is 0 Å². The summed E-state index contributed by atoms with van der Waals surface area (Å²) in [5.74, 6) is 1.40. The van der Waals surface area contributed by atoms with Crippen LogP contribution in [-0.2, 0) is 4.84 Å². The SMILES string of the molecule is COc1cccc(C(C)NOCC(C)C)c1. The van der Waals surface area contributed by atoms with Crippen LogP contribution in [0, 0.1) is 5.92 Å². The van der Waals surface area contributed by atoms with E-state index in [0.717, 1.165) is 11.3 Å². The molecule has 1 atom stereocenters. The molecule has 1 rings (SSSR count). The van der Waals surface area contributed by atoms with Gasteiger partial charge in [0.2, 0.25) is 0 Å². The first kappa shape index (κ1) is 13.0. The van der Waals surface area contributed by atoms with Gasteiger partial charge in [-0.1, -0.05) is 26.0 Å². The van der Waals surface area contributed by atoms with E-state index in [2.05, 4.69) is 32.3 Å². The maximum atomic E-state index is 5.39. The van der Waals surface area contributed by atoms with E-state index in [4.69, 9.17) is 9.57 Å². The topological polar surface area (TPSA) is 30.5 Å². The third-order valence-electron chi connectivity index (χ3n) is 2.27. The fourth-order valence-corrected chi connectivity index (χ4v) is 1.32. The Bertz CT molecular complexity index is 313. The van der Waals surface area contributed by atoms with Crippen LogP contribution in [0.1, 0.15) is 32.4 Å². The zero-order valence-electron chi connectivity index (χ0n) is 10.5. The van der Waals surface area contributed by atoms with Crippen LogP contribution >= 0.6 is 0 Å². The Kier molecular flexibility index (Phi) is 5.29. The number of ether oxygens (including phenoxy) is 1. The van der Waals surface area contributed by atoms with E-state index in [0.29, 0.717) is 12.5 Å². The lowest BCUT2D eigenvalue weighted by atomic mass is 10.1. The Morgan fingerprint density at radius 1 is 1.25 bits per heavy atom. The zero-order chi connectivity index (χ0) is 12.0. The van der Waals surface area contributed by atoms with Crippen molar-refractivity contribution in [3.05, 3.63) is 29.8 Å². The number of benzene rings is 1. The second kappa shape index (κ2) is 6.51. The van der Waals surface area contributed by atoms with Gasteiger partial charge >= 0.3 is 0 Å². The summed E-state index contributed by atoms with van der Waals surface area (Å²) >= 11 is 0. The molecule has 0 amide bonds. The molecule has 0 aliphatic rings. The quantitative estimate of drug-likeness (QED) is 0.752. The number of rotatable bonds is 6. The monoisotopic (exact) mass is 223 g/mol. The van der Waals surface area contributed by atoms with Crippen molar-refractivity contribution < 1.29 is 9.57 Å². The summed E-state index contributed by atoms with van der Waals surface area (Å²) in [4.78, 5) is 5.39. The molecular weight excluding hydrogens is 202 g/mol. The molecule has 1 aromatic rings. The Labute approximate surface area is 97.7 Å². The molecule has 0 heterocycles. The van der Waals surface area contributed by atoms with Crippen LogP contribution in [-0.4, -0.2) is 13.7 Å². The van der Waals surface area contributed by atoms with Gasteiger partial charge in [0.05, 0.1) is 19.8 Å². The molecule has 0 aliphatic carbocycles. The molecule has 0 fully saturated rings. The minimum absolute atomic E-state index is 0.161. The zero-order valence-corrected chi connectivity index (χ0v) is 10.5. The third kappa shape index (κ3) is 4.21. The standard InChI is InChI=1S/C13H21NO2/c1-10(2)9-16-14-11(3)12-6-5-7-13(8-12)15-4/h5-8,10-11,14H,9H2,1-4H3. The number of nitrogens with one attached hydrogen (secondary N) is 1. The lowest BCUT2D eigenvalue weighted by Crippen LogP contribution is -2.21. The molecule has 0 saturated heterocycles. The van der Waals surface area contributed by atoms with Crippen molar-refractivity contribution in [2.45, 2.75) is 26.8 Å². The van der Waals surface area contributed by atoms with Gasteiger partial charge in [-0.25, -0.2) is 0 Å². The molecule has 3 heteroatoms. The largest absolute Gasteiger partial charge is 0.497 e. The van der Waals surface area contributed by atoms with Gasteiger partial charge in [-0.05, 0) is 30.5 Å². The van der Waals surface area contributed by atoms with Crippen LogP contribution in [0.5, 0.6) is 5.75 Å². The molecule has 0 spiro atoms. The van der Waals surface area contributed by atoms with E-state index in [1.807, 2.05) is 18.2 Å². The second-order valence-electron chi connectivity index (χ2n) is 4.32. The van der Waals surface area contributed by atoms with Gasteiger partial charge in [-0.15, -0.1) is 0 Å². The molecular formula is C13H21NO2. The van der Waals surface area contributed by atoms with Gasteiger partial charge in [0, 0.05) is 0 Å². The first-order chi connectivity index (χ1) is 7.63. The molecule has 16 heavy (non-hydrogen) atoms. The molecule has 0 aromatic heterocycles. The number of methoxy groups -OCH3 is 1. The first-order valence-corrected chi connectivity index (χ1v) is 5.64. The highest BCUT2D eigenvalue weighted by Gasteiger charge is 2.06. The van der Waals surface area contributed by atoms with Crippen molar-refractivity contribution >= 4 is 0 Å². The average molecular weight is 223 g/mol. The van der Waals surface area contributed by atoms with Crippen LogP contribution in [0.4, 0.5) is 0 Å². The van der Waals surface area contributed by atoms with Gasteiger partial charge in [-0.2, -0.15) is 5.48 Å². The van der Waals surface area contributed by atoms with Crippen molar-refractivity contribution in [1.82, 2.24) is 5.48 Å². The van der Waals surface area contributed by atoms with Crippen LogP contribution in [0.3, 0.4) is 0 Å². The molecule has 3 nitrogen and oxygen atoms in total. The Hall–Kier alpha value is -1.06. The number of hydroxylamine groups is 1. The highest BCUT2D eigenvalue weighted by Crippen LogP contribution is 2.18. The van der Waals surface area contributed by atoms with E-state index in [9.17, 15) is 0 Å².